The van der Waals surface area contributed by atoms with Gasteiger partial charge in [-0.15, -0.1) is 11.8 Å². The lowest BCUT2D eigenvalue weighted by Crippen LogP contribution is -2.20. The van der Waals surface area contributed by atoms with Crippen molar-refractivity contribution in [2.24, 2.45) is 0 Å². The van der Waals surface area contributed by atoms with Crippen LogP contribution in [0, 0.1) is 0 Å². The zero-order valence-corrected chi connectivity index (χ0v) is 11.8. The maximum atomic E-state index is 8.94. The van der Waals surface area contributed by atoms with E-state index >= 15 is 0 Å². The minimum absolute atomic E-state index is 0.272. The van der Waals surface area contributed by atoms with Crippen molar-refractivity contribution in [3.8, 4) is 0 Å². The average Bonchev–Trinajstić information content (AvgIpc) is 2.31. The van der Waals surface area contributed by atoms with E-state index < -0.39 is 0 Å². The van der Waals surface area contributed by atoms with Gasteiger partial charge in [-0.3, -0.25) is 0 Å². The van der Waals surface area contributed by atoms with Crippen LogP contribution in [0.2, 0.25) is 0 Å². The van der Waals surface area contributed by atoms with E-state index in [1.807, 2.05) is 11.8 Å². The van der Waals surface area contributed by atoms with Crippen molar-refractivity contribution in [2.75, 3.05) is 26.5 Å². The van der Waals surface area contributed by atoms with Crippen molar-refractivity contribution < 1.29 is 5.11 Å². The summed E-state index contributed by atoms with van der Waals surface area (Å²) in [5, 5.41) is 8.94. The molecule has 0 bridgehead atoms. The summed E-state index contributed by atoms with van der Waals surface area (Å²) in [5.74, 6) is 1.11. The van der Waals surface area contributed by atoms with Gasteiger partial charge < -0.3 is 10.0 Å². The summed E-state index contributed by atoms with van der Waals surface area (Å²) in [6, 6.07) is 9.21. The largest absolute Gasteiger partial charge is 0.396 e. The van der Waals surface area contributed by atoms with Crippen molar-refractivity contribution in [3.63, 3.8) is 0 Å². The molecule has 1 aromatic carbocycles. The van der Waals surface area contributed by atoms with E-state index in [-0.39, 0.29) is 6.61 Å². The lowest BCUT2D eigenvalue weighted by Gasteiger charge is -2.24. The first-order chi connectivity index (χ1) is 8.19. The smallest absolute Gasteiger partial charge is 0.0431 e. The number of nitrogens with zero attached hydrogens (tertiary/aromatic N) is 1. The number of hydrogen-bond acceptors (Lipinski definition) is 3. The topological polar surface area (TPSA) is 23.5 Å². The van der Waals surface area contributed by atoms with E-state index in [1.54, 1.807) is 0 Å². The lowest BCUT2D eigenvalue weighted by atomic mass is 10.0. The molecule has 17 heavy (non-hydrogen) atoms. The first-order valence-corrected chi connectivity index (χ1v) is 7.17. The van der Waals surface area contributed by atoms with E-state index in [0.29, 0.717) is 6.04 Å². The normalized spacial score (nSPS) is 13.0. The Balaban J connectivity index is 2.72. The summed E-state index contributed by atoms with van der Waals surface area (Å²) >= 11 is 1.87. The van der Waals surface area contributed by atoms with E-state index in [0.717, 1.165) is 18.6 Å². The molecule has 2 nitrogen and oxygen atoms in total. The molecule has 1 aromatic rings. The van der Waals surface area contributed by atoms with Gasteiger partial charge >= 0.3 is 0 Å². The Morgan fingerprint density at radius 3 is 2.35 bits per heavy atom. The van der Waals surface area contributed by atoms with Crippen molar-refractivity contribution >= 4 is 11.8 Å². The van der Waals surface area contributed by atoms with Crippen LogP contribution < -0.4 is 0 Å². The predicted octanol–water partition coefficient (Wildman–Crippen LogP) is 3.17. The third-order valence-corrected chi connectivity index (χ3v) is 3.73. The van der Waals surface area contributed by atoms with Crippen molar-refractivity contribution in [3.05, 3.63) is 29.8 Å². The number of thioether (sulfide) groups is 1. The molecule has 0 aliphatic rings. The summed E-state index contributed by atoms with van der Waals surface area (Å²) in [7, 11) is 4.19. The van der Waals surface area contributed by atoms with Gasteiger partial charge in [0.2, 0.25) is 0 Å². The van der Waals surface area contributed by atoms with Gasteiger partial charge in [0.15, 0.2) is 0 Å². The summed E-state index contributed by atoms with van der Waals surface area (Å²) in [6.45, 7) is 2.44. The molecule has 0 spiro atoms. The van der Waals surface area contributed by atoms with Gasteiger partial charge in [0.1, 0.15) is 0 Å². The van der Waals surface area contributed by atoms with Crippen LogP contribution in [0.1, 0.15) is 31.4 Å². The minimum atomic E-state index is 0.272. The van der Waals surface area contributed by atoms with Crippen LogP contribution >= 0.6 is 11.8 Å². The van der Waals surface area contributed by atoms with Crippen LogP contribution in [0.3, 0.4) is 0 Å². The Hall–Kier alpha value is -0.510. The van der Waals surface area contributed by atoms with Gasteiger partial charge in [0.25, 0.3) is 0 Å². The van der Waals surface area contributed by atoms with Crippen LogP contribution in [0.4, 0.5) is 0 Å². The van der Waals surface area contributed by atoms with Gasteiger partial charge in [-0.05, 0) is 50.4 Å². The maximum absolute atomic E-state index is 8.94. The van der Waals surface area contributed by atoms with E-state index in [1.165, 1.54) is 10.5 Å². The second-order valence-electron chi connectivity index (χ2n) is 4.35. The minimum Gasteiger partial charge on any atom is -0.396 e. The van der Waals surface area contributed by atoms with Gasteiger partial charge in [-0.1, -0.05) is 19.1 Å². The van der Waals surface area contributed by atoms with Crippen LogP contribution in [0.5, 0.6) is 0 Å². The Morgan fingerprint density at radius 2 is 1.88 bits per heavy atom. The number of hydrogen-bond donors (Lipinski definition) is 1. The lowest BCUT2D eigenvalue weighted by molar-refractivity contribution is 0.235. The molecule has 1 atom stereocenters. The predicted molar refractivity (Wildman–Crippen MR) is 75.6 cm³/mol. The molecule has 0 fully saturated rings. The molecule has 0 amide bonds. The number of benzene rings is 1. The molecular formula is C14H23NOS. The van der Waals surface area contributed by atoms with Crippen molar-refractivity contribution in [1.29, 1.82) is 0 Å². The summed E-state index contributed by atoms with van der Waals surface area (Å²) < 4.78 is 0. The fourth-order valence-corrected chi connectivity index (χ4v) is 2.62. The molecular weight excluding hydrogens is 230 g/mol. The molecule has 3 heteroatoms. The van der Waals surface area contributed by atoms with E-state index in [9.17, 15) is 0 Å². The standard InChI is InChI=1S/C14H23NOS/c1-4-17-13-9-7-12(8-10-13)14(15(2)3)6-5-11-16/h7-10,14,16H,4-6,11H2,1-3H3. The monoisotopic (exact) mass is 253 g/mol. The zero-order valence-electron chi connectivity index (χ0n) is 11.0. The Bertz CT molecular complexity index is 311. The first kappa shape index (κ1) is 14.6. The molecule has 1 rings (SSSR count). The number of aliphatic hydroxyl groups is 1. The van der Waals surface area contributed by atoms with Gasteiger partial charge in [-0.2, -0.15) is 0 Å². The maximum Gasteiger partial charge on any atom is 0.0431 e. The highest BCUT2D eigenvalue weighted by molar-refractivity contribution is 7.99. The molecule has 0 aliphatic heterocycles. The third-order valence-electron chi connectivity index (χ3n) is 2.83. The molecule has 0 aromatic heterocycles. The van der Waals surface area contributed by atoms with Crippen molar-refractivity contribution in [1.82, 2.24) is 4.90 Å². The highest BCUT2D eigenvalue weighted by Crippen LogP contribution is 2.26. The number of aliphatic hydroxyl groups excluding tert-OH is 1. The summed E-state index contributed by atoms with van der Waals surface area (Å²) in [5.41, 5.74) is 1.34. The first-order valence-electron chi connectivity index (χ1n) is 6.19. The molecule has 1 unspecified atom stereocenters. The van der Waals surface area contributed by atoms with E-state index in [2.05, 4.69) is 50.2 Å². The Labute approximate surface area is 109 Å². The van der Waals surface area contributed by atoms with Gasteiger partial charge in [0, 0.05) is 17.5 Å². The fraction of sp³-hybridized carbons (Fsp3) is 0.571. The second-order valence-corrected chi connectivity index (χ2v) is 5.68. The summed E-state index contributed by atoms with van der Waals surface area (Å²) in [4.78, 5) is 3.55. The Morgan fingerprint density at radius 1 is 1.24 bits per heavy atom. The zero-order chi connectivity index (χ0) is 12.7. The average molecular weight is 253 g/mol. The molecule has 0 saturated heterocycles. The highest BCUT2D eigenvalue weighted by atomic mass is 32.2. The highest BCUT2D eigenvalue weighted by Gasteiger charge is 2.13. The molecule has 0 aliphatic carbocycles. The SMILES string of the molecule is CCSc1ccc(C(CCCO)N(C)C)cc1. The van der Waals surface area contributed by atoms with E-state index in [4.69, 9.17) is 5.11 Å². The van der Waals surface area contributed by atoms with Gasteiger partial charge in [0.05, 0.1) is 0 Å². The van der Waals surface area contributed by atoms with Crippen LogP contribution in [-0.4, -0.2) is 36.5 Å². The van der Waals surface area contributed by atoms with Crippen LogP contribution in [0.15, 0.2) is 29.2 Å². The van der Waals surface area contributed by atoms with Gasteiger partial charge in [-0.25, -0.2) is 0 Å². The molecule has 0 saturated carbocycles. The number of rotatable bonds is 7. The molecule has 1 N–H and O–H groups in total. The molecule has 96 valence electrons. The Kier molecular flexibility index (Phi) is 6.63. The fourth-order valence-electron chi connectivity index (χ4n) is 1.96. The third kappa shape index (κ3) is 4.70. The quantitative estimate of drug-likeness (QED) is 0.755. The molecule has 0 radical (unpaired) electrons. The van der Waals surface area contributed by atoms with Crippen LogP contribution in [-0.2, 0) is 0 Å². The summed E-state index contributed by atoms with van der Waals surface area (Å²) in [6.07, 6.45) is 1.86. The van der Waals surface area contributed by atoms with Crippen molar-refractivity contribution in [2.45, 2.75) is 30.7 Å². The molecule has 0 heterocycles. The van der Waals surface area contributed by atoms with Crippen LogP contribution in [0.25, 0.3) is 0 Å². The second kappa shape index (κ2) is 7.75.